The van der Waals surface area contributed by atoms with Crippen molar-refractivity contribution in [3.8, 4) is 17.2 Å². The van der Waals surface area contributed by atoms with Gasteiger partial charge in [0.1, 0.15) is 28.3 Å². The Morgan fingerprint density at radius 2 is 1.61 bits per heavy atom. The van der Waals surface area contributed by atoms with Crippen LogP contribution in [0.5, 0.6) is 17.2 Å². The first-order valence-electron chi connectivity index (χ1n) is 31.1. The van der Waals surface area contributed by atoms with E-state index in [9.17, 15) is 19.8 Å². The third-order valence-corrected chi connectivity index (χ3v) is 20.8. The summed E-state index contributed by atoms with van der Waals surface area (Å²) < 4.78 is 37.4. The van der Waals surface area contributed by atoms with Gasteiger partial charge in [-0.2, -0.15) is 0 Å². The summed E-state index contributed by atoms with van der Waals surface area (Å²) in [5.41, 5.74) is 4.44. The zero-order valence-electron chi connectivity index (χ0n) is 52.0. The Morgan fingerprint density at radius 1 is 0.871 bits per heavy atom. The van der Waals surface area contributed by atoms with Crippen LogP contribution in [0, 0.1) is 18.8 Å². The maximum Gasteiger partial charge on any atom is 0.514 e. The van der Waals surface area contributed by atoms with Crippen LogP contribution >= 0.6 is 0 Å². The number of aryl methyl sites for hydroxylation is 2. The van der Waals surface area contributed by atoms with Crippen molar-refractivity contribution in [3.05, 3.63) is 129 Å². The van der Waals surface area contributed by atoms with E-state index in [1.807, 2.05) is 68.3 Å². The molecule has 2 bridgehead atoms. The lowest BCUT2D eigenvalue weighted by Gasteiger charge is -2.58. The number of rotatable bonds is 16. The molecule has 3 fully saturated rings. The van der Waals surface area contributed by atoms with Crippen LogP contribution in [0.15, 0.2) is 95.6 Å². The number of piperidine rings is 1. The number of ether oxygens (including phenoxy) is 6. The number of esters is 2. The van der Waals surface area contributed by atoms with E-state index in [4.69, 9.17) is 28.4 Å². The van der Waals surface area contributed by atoms with Crippen molar-refractivity contribution in [2.45, 2.75) is 178 Å². The zero-order valence-corrected chi connectivity index (χ0v) is 52.0. The molecule has 2 saturated heterocycles. The summed E-state index contributed by atoms with van der Waals surface area (Å²) in [4.78, 5) is 55.4. The van der Waals surface area contributed by atoms with Gasteiger partial charge < -0.3 is 48.5 Å². The van der Waals surface area contributed by atoms with Gasteiger partial charge in [-0.3, -0.25) is 14.6 Å². The molecule has 1 aromatic heterocycles. The number of allylic oxidation sites excluding steroid dienone is 6. The van der Waals surface area contributed by atoms with Crippen LogP contribution in [-0.2, 0) is 47.5 Å². The summed E-state index contributed by atoms with van der Waals surface area (Å²) >= 11 is 0. The van der Waals surface area contributed by atoms with E-state index in [0.29, 0.717) is 81.8 Å². The minimum absolute atomic E-state index is 0.134. The molecule has 7 heterocycles. The quantitative estimate of drug-likeness (QED) is 0.0419. The van der Waals surface area contributed by atoms with Crippen molar-refractivity contribution in [2.75, 3.05) is 66.0 Å². The molecule has 15 nitrogen and oxygen atoms in total. The molecule has 85 heavy (non-hydrogen) atoms. The van der Waals surface area contributed by atoms with Gasteiger partial charge in [0, 0.05) is 84.5 Å². The number of methoxy groups -OCH3 is 3. The van der Waals surface area contributed by atoms with Gasteiger partial charge in [0.05, 0.1) is 33.0 Å². The number of fused-ring (bicyclic) bond motifs is 7. The van der Waals surface area contributed by atoms with Crippen LogP contribution in [-0.4, -0.2) is 139 Å². The van der Waals surface area contributed by atoms with Crippen LogP contribution in [0.2, 0.25) is 0 Å². The highest BCUT2D eigenvalue weighted by Crippen LogP contribution is 2.65. The number of carbonyl (C=O) groups is 3. The highest BCUT2D eigenvalue weighted by atomic mass is 16.7. The van der Waals surface area contributed by atoms with Crippen molar-refractivity contribution < 1.29 is 53.0 Å². The van der Waals surface area contributed by atoms with Gasteiger partial charge >= 0.3 is 18.1 Å². The molecule has 3 N–H and O–H groups in total. The monoisotopic (exact) mass is 1160 g/mol. The van der Waals surface area contributed by atoms with Crippen molar-refractivity contribution in [1.29, 1.82) is 0 Å². The van der Waals surface area contributed by atoms with Crippen LogP contribution in [0.25, 0.3) is 10.9 Å². The zero-order chi connectivity index (χ0) is 60.4. The minimum atomic E-state index is -2.45. The number of carbonyl (C=O) groups excluding carboxylic acids is 3. The van der Waals surface area contributed by atoms with Crippen LogP contribution in [0.1, 0.15) is 146 Å². The Kier molecular flexibility index (Phi) is 16.6. The number of likely N-dealkylation sites (N-methyl/N-ethyl adjacent to an activating group) is 1. The Hall–Kier alpha value is -6.39. The molecule has 11 atom stereocenters. The van der Waals surface area contributed by atoms with Crippen LogP contribution in [0.4, 0.5) is 10.5 Å². The third-order valence-electron chi connectivity index (χ3n) is 20.8. The number of aromatic nitrogens is 1. The Bertz CT molecular complexity index is 3370. The predicted octanol–water partition coefficient (Wildman–Crippen LogP) is 11.5. The molecule has 4 aromatic rings. The number of nitrogens with zero attached hydrogens (tertiary/aromatic N) is 3. The van der Waals surface area contributed by atoms with E-state index >= 15 is 4.79 Å². The molecule has 1 saturated carbocycles. The van der Waals surface area contributed by atoms with Crippen LogP contribution in [0.3, 0.4) is 0 Å². The molecule has 0 amide bonds. The number of nitrogens with one attached hydrogen (secondary N) is 1. The maximum absolute atomic E-state index is 15.6. The van der Waals surface area contributed by atoms with Gasteiger partial charge in [-0.05, 0) is 184 Å². The standard InChI is InChI=1S/C70H90N4O11/c1-12-67(78)39-47-40-69(63(75)81-10,59-51(28-33-73(41-47)42-67)50-24-13-14-26-55(50)71-59)54-37-53-56(38-57(54)80-9)72(8)62-68(53)31-34-74-32-18-25-52(60(68)74)61(70(62,79)64(76)82-11)84-65(77)83-49-35-46(6)58-48(36-49)27-30-66(7,85-58)29-17-23-45(5)22-16-21-44(4)20-15-19-43(2)3/h13-14,18-19,21,23-26,35-38,47,52,60-62,71,78-79H,12,15-17,20,22,27-34,39-42H2,1-11H3/b44-21+,45-23+/t47-,52?,60?,61+,62+,66+,67-,68+,69-,70+/m0/s1. The van der Waals surface area contributed by atoms with Gasteiger partial charge in [-0.25, -0.2) is 9.59 Å². The molecule has 15 heteroatoms. The Morgan fingerprint density at radius 3 is 2.34 bits per heavy atom. The average Bonchev–Trinajstić information content (AvgIpc) is 1.54. The van der Waals surface area contributed by atoms with E-state index in [2.05, 4.69) is 79.8 Å². The number of hydrogen-bond acceptors (Lipinski definition) is 14. The van der Waals surface area contributed by atoms with Crippen molar-refractivity contribution in [3.63, 3.8) is 0 Å². The summed E-state index contributed by atoms with van der Waals surface area (Å²) in [5, 5.41) is 26.9. The van der Waals surface area contributed by atoms with Crippen molar-refractivity contribution in [1.82, 2.24) is 14.8 Å². The third kappa shape index (κ3) is 10.5. The Labute approximate surface area is 502 Å². The van der Waals surface area contributed by atoms with Gasteiger partial charge in [-0.1, -0.05) is 72.2 Å². The smallest absolute Gasteiger partial charge is 0.496 e. The van der Waals surface area contributed by atoms with Gasteiger partial charge in [0.15, 0.2) is 6.10 Å². The number of aromatic amines is 1. The number of anilines is 1. The Balaban J connectivity index is 0.904. The molecule has 0 radical (unpaired) electrons. The summed E-state index contributed by atoms with van der Waals surface area (Å²) in [6.07, 6.45) is 18.5. The topological polar surface area (TPSA) is 173 Å². The fourth-order valence-electron chi connectivity index (χ4n) is 16.8. The lowest BCUT2D eigenvalue weighted by atomic mass is 9.54. The second kappa shape index (κ2) is 23.4. The van der Waals surface area contributed by atoms with E-state index < -0.39 is 64.2 Å². The number of aliphatic hydroxyl groups is 2. The molecule has 456 valence electrons. The first-order chi connectivity index (χ1) is 40.6. The second-order valence-electron chi connectivity index (χ2n) is 26.6. The fraction of sp³-hybridized carbons (Fsp3) is 0.557. The molecular formula is C70H90N4O11. The lowest BCUT2D eigenvalue weighted by molar-refractivity contribution is -0.202. The van der Waals surface area contributed by atoms with Gasteiger partial charge in [0.25, 0.3) is 0 Å². The second-order valence-corrected chi connectivity index (χ2v) is 26.6. The van der Waals surface area contributed by atoms with Gasteiger partial charge in [0.2, 0.25) is 5.60 Å². The molecule has 11 rings (SSSR count). The number of H-pyrrole nitrogens is 1. The highest BCUT2D eigenvalue weighted by Gasteiger charge is 2.77. The number of hydrogen-bond donors (Lipinski definition) is 3. The molecule has 6 aliphatic heterocycles. The van der Waals surface area contributed by atoms with E-state index in [1.165, 1.54) is 30.9 Å². The van der Waals surface area contributed by atoms with E-state index in [0.717, 1.165) is 96.0 Å². The SMILES string of the molecule is CC[C@]1(O)C[C@@H]2CN(CCc3c([nH]c4ccccc34)[C@@](C(=O)OC)(c3cc4c(cc3OC)N(C)[C@H]3[C@@](O)(C(=O)OC)[C@H](OC(=O)Oc5cc(C)c6c(c5)CC[C@@](C)(CC/C=C(\C)CC/C=C(\C)CCC=C(C)C)O6)C5C=CCN6CC[C@]43C56)C2)C1. The normalized spacial score (nSPS) is 31.2. The molecular weight excluding hydrogens is 1070 g/mol. The summed E-state index contributed by atoms with van der Waals surface area (Å²) in [6, 6.07) is 14.3. The highest BCUT2D eigenvalue weighted by molar-refractivity contribution is 5.95. The molecule has 1 aliphatic carbocycles. The molecule has 3 unspecified atom stereocenters. The maximum atomic E-state index is 15.6. The molecule has 1 spiro atoms. The van der Waals surface area contributed by atoms with Gasteiger partial charge in [-0.15, -0.1) is 0 Å². The fourth-order valence-corrected chi connectivity index (χ4v) is 16.8. The van der Waals surface area contributed by atoms with E-state index in [1.54, 1.807) is 13.2 Å². The first-order valence-corrected chi connectivity index (χ1v) is 31.1. The van der Waals surface area contributed by atoms with Crippen molar-refractivity contribution in [2.24, 2.45) is 11.8 Å². The molecule has 3 aromatic carbocycles. The first kappa shape index (κ1) is 60.3. The van der Waals surface area contributed by atoms with E-state index in [-0.39, 0.29) is 17.3 Å². The lowest BCUT2D eigenvalue weighted by Crippen LogP contribution is -2.78. The summed E-state index contributed by atoms with van der Waals surface area (Å²) in [6.45, 7) is 18.0. The number of benzene rings is 3. The largest absolute Gasteiger partial charge is 0.514 e. The predicted molar refractivity (Wildman–Crippen MR) is 330 cm³/mol. The number of para-hydroxylation sites is 1. The minimum Gasteiger partial charge on any atom is -0.496 e. The summed E-state index contributed by atoms with van der Waals surface area (Å²) in [7, 11) is 6.13. The van der Waals surface area contributed by atoms with Crippen LogP contribution < -0.4 is 19.1 Å². The summed E-state index contributed by atoms with van der Waals surface area (Å²) in [5.74, 6) is -0.770. The van der Waals surface area contributed by atoms with Crippen molar-refractivity contribution >= 4 is 34.7 Å². The molecule has 7 aliphatic rings. The average molecular weight is 1160 g/mol.